The molecule has 0 aromatic heterocycles. The van der Waals surface area contributed by atoms with E-state index < -0.39 is 12.2 Å². The standard InChI is InChI=1S/C28H58O6/c29-23-27(24-30)33-21-19-17-15-13-11-9-7-5-3-1-2-4-6-8-10-12-14-16-18-20-22-34-28(25-31)26-32/h27-32H,1-26H2. The van der Waals surface area contributed by atoms with Crippen molar-refractivity contribution in [2.45, 2.75) is 141 Å². The van der Waals surface area contributed by atoms with E-state index >= 15 is 0 Å². The molecule has 0 aromatic carbocycles. The number of hydrogen-bond acceptors (Lipinski definition) is 6. The summed E-state index contributed by atoms with van der Waals surface area (Å²) in [6, 6.07) is 0. The average Bonchev–Trinajstić information content (AvgIpc) is 2.86. The molecule has 206 valence electrons. The number of aliphatic hydroxyl groups is 4. The van der Waals surface area contributed by atoms with E-state index in [1.165, 1.54) is 116 Å². The number of ether oxygens (including phenoxy) is 2. The lowest BCUT2D eigenvalue weighted by atomic mass is 10.0. The highest BCUT2D eigenvalue weighted by molar-refractivity contribution is 4.54. The van der Waals surface area contributed by atoms with Crippen molar-refractivity contribution in [3.63, 3.8) is 0 Å². The van der Waals surface area contributed by atoms with Crippen LogP contribution >= 0.6 is 0 Å². The third-order valence-corrected chi connectivity index (χ3v) is 6.56. The molecule has 0 rings (SSSR count). The van der Waals surface area contributed by atoms with Crippen LogP contribution < -0.4 is 0 Å². The second kappa shape index (κ2) is 29.0. The molecule has 0 radical (unpaired) electrons. The van der Waals surface area contributed by atoms with Crippen molar-refractivity contribution in [2.24, 2.45) is 0 Å². The van der Waals surface area contributed by atoms with Crippen molar-refractivity contribution in [3.8, 4) is 0 Å². The second-order valence-electron chi connectivity index (χ2n) is 9.79. The summed E-state index contributed by atoms with van der Waals surface area (Å²) in [6.07, 6.45) is 25.3. The highest BCUT2D eigenvalue weighted by Gasteiger charge is 2.05. The third kappa shape index (κ3) is 24.9. The van der Waals surface area contributed by atoms with Crippen LogP contribution in [0.4, 0.5) is 0 Å². The van der Waals surface area contributed by atoms with Gasteiger partial charge in [0, 0.05) is 13.2 Å². The summed E-state index contributed by atoms with van der Waals surface area (Å²) in [7, 11) is 0. The van der Waals surface area contributed by atoms with E-state index in [0.717, 1.165) is 12.8 Å². The monoisotopic (exact) mass is 490 g/mol. The molecular weight excluding hydrogens is 432 g/mol. The van der Waals surface area contributed by atoms with E-state index in [4.69, 9.17) is 29.9 Å². The van der Waals surface area contributed by atoms with E-state index in [1.54, 1.807) is 0 Å². The highest BCUT2D eigenvalue weighted by Crippen LogP contribution is 2.15. The first-order chi connectivity index (χ1) is 16.8. The van der Waals surface area contributed by atoms with Crippen molar-refractivity contribution >= 4 is 0 Å². The second-order valence-corrected chi connectivity index (χ2v) is 9.79. The molecule has 6 nitrogen and oxygen atoms in total. The summed E-state index contributed by atoms with van der Waals surface area (Å²) in [5, 5.41) is 35.7. The molecule has 0 aromatic rings. The average molecular weight is 491 g/mol. The molecule has 0 aliphatic heterocycles. The lowest BCUT2D eigenvalue weighted by Gasteiger charge is -2.11. The molecule has 4 N–H and O–H groups in total. The molecule has 0 spiro atoms. The Kier molecular flexibility index (Phi) is 28.8. The number of aliphatic hydroxyl groups excluding tert-OH is 4. The van der Waals surface area contributed by atoms with Crippen molar-refractivity contribution in [3.05, 3.63) is 0 Å². The Balaban J connectivity index is 3.09. The highest BCUT2D eigenvalue weighted by atomic mass is 16.5. The molecular formula is C28H58O6. The molecule has 0 fully saturated rings. The van der Waals surface area contributed by atoms with Crippen molar-refractivity contribution in [1.82, 2.24) is 0 Å². The van der Waals surface area contributed by atoms with Gasteiger partial charge in [0.25, 0.3) is 0 Å². The van der Waals surface area contributed by atoms with Crippen LogP contribution in [0.3, 0.4) is 0 Å². The van der Waals surface area contributed by atoms with Crippen LogP contribution in [0.5, 0.6) is 0 Å². The first-order valence-electron chi connectivity index (χ1n) is 14.4. The van der Waals surface area contributed by atoms with Crippen LogP contribution in [0.2, 0.25) is 0 Å². The topological polar surface area (TPSA) is 99.4 Å². The molecule has 0 aliphatic rings. The van der Waals surface area contributed by atoms with Gasteiger partial charge in [-0.05, 0) is 12.8 Å². The molecule has 0 unspecified atom stereocenters. The van der Waals surface area contributed by atoms with E-state index in [9.17, 15) is 0 Å². The Morgan fingerprint density at radius 3 is 0.647 bits per heavy atom. The van der Waals surface area contributed by atoms with Crippen LogP contribution in [0.15, 0.2) is 0 Å². The van der Waals surface area contributed by atoms with Crippen LogP contribution in [-0.2, 0) is 9.47 Å². The van der Waals surface area contributed by atoms with Gasteiger partial charge in [-0.3, -0.25) is 0 Å². The van der Waals surface area contributed by atoms with E-state index in [1.807, 2.05) is 0 Å². The normalized spacial score (nSPS) is 11.8. The number of rotatable bonds is 29. The maximum absolute atomic E-state index is 8.93. The quantitative estimate of drug-likeness (QED) is 0.103. The summed E-state index contributed by atoms with van der Waals surface area (Å²) in [6.45, 7) is 0.882. The first-order valence-corrected chi connectivity index (χ1v) is 14.4. The smallest absolute Gasteiger partial charge is 0.104 e. The van der Waals surface area contributed by atoms with Gasteiger partial charge in [-0.25, -0.2) is 0 Å². The number of unbranched alkanes of at least 4 members (excludes halogenated alkanes) is 19. The van der Waals surface area contributed by atoms with Crippen molar-refractivity contribution in [1.29, 1.82) is 0 Å². The maximum Gasteiger partial charge on any atom is 0.104 e. The fourth-order valence-electron chi connectivity index (χ4n) is 4.21. The first kappa shape index (κ1) is 33.8. The molecule has 0 bridgehead atoms. The predicted octanol–water partition coefficient (Wildman–Crippen LogP) is 5.53. The van der Waals surface area contributed by atoms with Gasteiger partial charge in [0.05, 0.1) is 26.4 Å². The minimum absolute atomic E-state index is 0.100. The van der Waals surface area contributed by atoms with Gasteiger partial charge in [0.2, 0.25) is 0 Å². The number of hydrogen-bond donors (Lipinski definition) is 4. The SMILES string of the molecule is OCC(CO)OCCCCCCCCCCCCCCCCCCCCCCOC(CO)CO. The summed E-state index contributed by atoms with van der Waals surface area (Å²) < 4.78 is 10.8. The van der Waals surface area contributed by atoms with Gasteiger partial charge in [0.1, 0.15) is 12.2 Å². The maximum atomic E-state index is 8.93. The van der Waals surface area contributed by atoms with Gasteiger partial charge in [0.15, 0.2) is 0 Å². The van der Waals surface area contributed by atoms with Crippen molar-refractivity contribution < 1.29 is 29.9 Å². The summed E-state index contributed by atoms with van der Waals surface area (Å²) in [5.41, 5.74) is 0. The summed E-state index contributed by atoms with van der Waals surface area (Å²) >= 11 is 0. The molecule has 6 heteroatoms. The molecule has 0 atom stereocenters. The van der Waals surface area contributed by atoms with Gasteiger partial charge in [-0.1, -0.05) is 116 Å². The molecule has 0 aliphatic carbocycles. The lowest BCUT2D eigenvalue weighted by Crippen LogP contribution is -2.22. The zero-order valence-corrected chi connectivity index (χ0v) is 22.1. The Bertz CT molecular complexity index is 327. The van der Waals surface area contributed by atoms with Gasteiger partial charge in [-0.2, -0.15) is 0 Å². The van der Waals surface area contributed by atoms with E-state index in [-0.39, 0.29) is 26.4 Å². The Labute approximate surface area is 210 Å². The minimum atomic E-state index is -0.404. The zero-order chi connectivity index (χ0) is 25.0. The zero-order valence-electron chi connectivity index (χ0n) is 22.1. The van der Waals surface area contributed by atoms with Crippen molar-refractivity contribution in [2.75, 3.05) is 39.6 Å². The third-order valence-electron chi connectivity index (χ3n) is 6.56. The van der Waals surface area contributed by atoms with E-state index in [2.05, 4.69) is 0 Å². The fourth-order valence-corrected chi connectivity index (χ4v) is 4.21. The summed E-state index contributed by atoms with van der Waals surface area (Å²) in [5.74, 6) is 0. The summed E-state index contributed by atoms with van der Waals surface area (Å²) in [4.78, 5) is 0. The molecule has 0 saturated heterocycles. The van der Waals surface area contributed by atoms with Crippen LogP contribution in [0.25, 0.3) is 0 Å². The minimum Gasteiger partial charge on any atom is -0.394 e. The van der Waals surface area contributed by atoms with Gasteiger partial charge in [-0.15, -0.1) is 0 Å². The Morgan fingerprint density at radius 2 is 0.471 bits per heavy atom. The van der Waals surface area contributed by atoms with Gasteiger partial charge >= 0.3 is 0 Å². The van der Waals surface area contributed by atoms with Gasteiger partial charge < -0.3 is 29.9 Å². The predicted molar refractivity (Wildman–Crippen MR) is 140 cm³/mol. The fraction of sp³-hybridized carbons (Fsp3) is 1.00. The van der Waals surface area contributed by atoms with Crippen LogP contribution in [0.1, 0.15) is 128 Å². The molecule has 0 saturated carbocycles. The lowest BCUT2D eigenvalue weighted by molar-refractivity contribution is -0.0208. The molecule has 0 amide bonds. The van der Waals surface area contributed by atoms with Crippen LogP contribution in [-0.4, -0.2) is 72.3 Å². The Hall–Kier alpha value is -0.240. The van der Waals surface area contributed by atoms with E-state index in [0.29, 0.717) is 13.2 Å². The largest absolute Gasteiger partial charge is 0.394 e. The molecule has 34 heavy (non-hydrogen) atoms. The van der Waals surface area contributed by atoms with Crippen LogP contribution in [0, 0.1) is 0 Å². The Morgan fingerprint density at radius 1 is 0.294 bits per heavy atom. The molecule has 0 heterocycles.